The van der Waals surface area contributed by atoms with E-state index < -0.39 is 5.97 Å². The zero-order valence-electron chi connectivity index (χ0n) is 15.8. The van der Waals surface area contributed by atoms with Crippen molar-refractivity contribution in [3.05, 3.63) is 22.5 Å². The normalized spacial score (nSPS) is 13.8. The Labute approximate surface area is 148 Å². The van der Waals surface area contributed by atoms with Crippen molar-refractivity contribution < 1.29 is 19.1 Å². The molecule has 2 rings (SSSR count). The number of ether oxygens (including phenoxy) is 1. The van der Waals surface area contributed by atoms with E-state index in [1.165, 1.54) is 0 Å². The van der Waals surface area contributed by atoms with Crippen LogP contribution < -0.4 is 0 Å². The lowest BCUT2D eigenvalue weighted by Gasteiger charge is -2.23. The fraction of sp³-hybridized carbons (Fsp3) is 0.632. The summed E-state index contributed by atoms with van der Waals surface area (Å²) >= 11 is 0. The summed E-state index contributed by atoms with van der Waals surface area (Å²) in [5, 5.41) is 0. The minimum atomic E-state index is -0.461. The molecule has 1 aliphatic carbocycles. The Morgan fingerprint density at radius 2 is 1.88 bits per heavy atom. The third-order valence-corrected chi connectivity index (χ3v) is 4.40. The maximum atomic E-state index is 12.8. The highest BCUT2D eigenvalue weighted by Gasteiger charge is 2.35. The average molecular weight is 348 g/mol. The number of nitrogens with one attached hydrogen (secondary N) is 1. The van der Waals surface area contributed by atoms with E-state index in [2.05, 4.69) is 4.98 Å². The predicted molar refractivity (Wildman–Crippen MR) is 94.7 cm³/mol. The van der Waals surface area contributed by atoms with Gasteiger partial charge in [-0.25, -0.2) is 4.79 Å². The van der Waals surface area contributed by atoms with E-state index in [0.717, 1.165) is 12.8 Å². The molecule has 0 bridgehead atoms. The summed E-state index contributed by atoms with van der Waals surface area (Å²) in [6.07, 6.45) is 2.36. The van der Waals surface area contributed by atoms with Crippen LogP contribution in [0.1, 0.15) is 72.1 Å². The Balaban J connectivity index is 2.19. The van der Waals surface area contributed by atoms with Crippen LogP contribution >= 0.6 is 0 Å². The van der Waals surface area contributed by atoms with Gasteiger partial charge in [0, 0.05) is 23.7 Å². The second kappa shape index (κ2) is 7.85. The summed E-state index contributed by atoms with van der Waals surface area (Å²) in [4.78, 5) is 42.0. The highest BCUT2D eigenvalue weighted by molar-refractivity contribution is 6.04. The van der Waals surface area contributed by atoms with Gasteiger partial charge in [0.2, 0.25) is 5.91 Å². The van der Waals surface area contributed by atoms with Gasteiger partial charge in [0.15, 0.2) is 5.78 Å². The topological polar surface area (TPSA) is 79.5 Å². The second-order valence-corrected chi connectivity index (χ2v) is 7.12. The van der Waals surface area contributed by atoms with Crippen molar-refractivity contribution in [2.45, 2.75) is 59.9 Å². The molecule has 25 heavy (non-hydrogen) atoms. The summed E-state index contributed by atoms with van der Waals surface area (Å²) in [7, 11) is 0. The Morgan fingerprint density at radius 3 is 2.40 bits per heavy atom. The first kappa shape index (κ1) is 19.2. The number of rotatable bonds is 8. The maximum absolute atomic E-state index is 12.8. The summed E-state index contributed by atoms with van der Waals surface area (Å²) in [5.41, 5.74) is 2.03. The fourth-order valence-electron chi connectivity index (χ4n) is 3.08. The van der Waals surface area contributed by atoms with Crippen LogP contribution in [0.5, 0.6) is 0 Å². The van der Waals surface area contributed by atoms with Crippen LogP contribution in [0.25, 0.3) is 0 Å². The van der Waals surface area contributed by atoms with E-state index in [0.29, 0.717) is 28.9 Å². The van der Waals surface area contributed by atoms with E-state index in [9.17, 15) is 14.4 Å². The molecule has 6 nitrogen and oxygen atoms in total. The quantitative estimate of drug-likeness (QED) is 0.578. The number of carbonyl (C=O) groups excluding carboxylic acids is 3. The number of aromatic nitrogens is 1. The number of aromatic amines is 1. The summed E-state index contributed by atoms with van der Waals surface area (Å²) in [6, 6.07) is 0.180. The molecular weight excluding hydrogens is 320 g/mol. The monoisotopic (exact) mass is 348 g/mol. The van der Waals surface area contributed by atoms with Crippen molar-refractivity contribution in [1.29, 1.82) is 0 Å². The van der Waals surface area contributed by atoms with Crippen LogP contribution in [-0.4, -0.2) is 46.7 Å². The van der Waals surface area contributed by atoms with Gasteiger partial charge in [-0.3, -0.25) is 9.59 Å². The van der Waals surface area contributed by atoms with Gasteiger partial charge in [-0.15, -0.1) is 0 Å². The van der Waals surface area contributed by atoms with E-state index >= 15 is 0 Å². The van der Waals surface area contributed by atoms with Gasteiger partial charge in [-0.1, -0.05) is 13.8 Å². The fourth-order valence-corrected chi connectivity index (χ4v) is 3.08. The number of amides is 1. The molecule has 1 saturated carbocycles. The number of H-pyrrole nitrogens is 1. The van der Waals surface area contributed by atoms with Crippen molar-refractivity contribution in [1.82, 2.24) is 9.88 Å². The molecule has 0 unspecified atom stereocenters. The molecule has 0 aromatic carbocycles. The Bertz CT molecular complexity index is 671. The van der Waals surface area contributed by atoms with Crippen molar-refractivity contribution in [3.8, 4) is 0 Å². The summed E-state index contributed by atoms with van der Waals surface area (Å²) in [6.45, 7) is 9.58. The molecule has 0 spiro atoms. The van der Waals surface area contributed by atoms with Gasteiger partial charge >= 0.3 is 5.97 Å². The van der Waals surface area contributed by atoms with Gasteiger partial charge in [0.1, 0.15) is 5.69 Å². The van der Waals surface area contributed by atoms with Gasteiger partial charge in [-0.2, -0.15) is 0 Å². The maximum Gasteiger partial charge on any atom is 0.355 e. The van der Waals surface area contributed by atoms with Crippen molar-refractivity contribution in [2.75, 3.05) is 13.2 Å². The Kier molecular flexibility index (Phi) is 6.03. The molecule has 6 heteroatoms. The average Bonchev–Trinajstić information content (AvgIpc) is 3.29. The first-order valence-corrected chi connectivity index (χ1v) is 8.95. The van der Waals surface area contributed by atoms with Crippen molar-refractivity contribution in [3.63, 3.8) is 0 Å². The first-order valence-electron chi connectivity index (χ1n) is 8.95. The SMILES string of the molecule is CCOC(=O)c1[nH]c(C)c(C(=O)CN(C(=O)CC(C)C)C2CC2)c1C. The second-order valence-electron chi connectivity index (χ2n) is 7.12. The molecule has 1 aliphatic rings. The lowest BCUT2D eigenvalue weighted by atomic mass is 10.0. The van der Waals surface area contributed by atoms with E-state index in [-0.39, 0.29) is 36.8 Å². The van der Waals surface area contributed by atoms with Gasteiger partial charge in [0.05, 0.1) is 13.2 Å². The number of aryl methyl sites for hydroxylation is 1. The number of hydrogen-bond donors (Lipinski definition) is 1. The molecular formula is C19H28N2O4. The Hall–Kier alpha value is -2.11. The zero-order valence-corrected chi connectivity index (χ0v) is 15.8. The van der Waals surface area contributed by atoms with Crippen LogP contribution in [0.2, 0.25) is 0 Å². The number of Topliss-reactive ketones (excluding diaryl/α,β-unsaturated/α-hetero) is 1. The number of carbonyl (C=O) groups is 3. The largest absolute Gasteiger partial charge is 0.461 e. The minimum absolute atomic E-state index is 0.0299. The number of esters is 1. The highest BCUT2D eigenvalue weighted by Crippen LogP contribution is 2.29. The molecule has 0 radical (unpaired) electrons. The molecule has 0 saturated heterocycles. The summed E-state index contributed by atoms with van der Waals surface area (Å²) in [5.74, 6) is -0.305. The van der Waals surface area contributed by atoms with Crippen LogP contribution in [0.15, 0.2) is 0 Å². The zero-order chi connectivity index (χ0) is 18.7. The molecule has 1 heterocycles. The third kappa shape index (κ3) is 4.50. The van der Waals surface area contributed by atoms with E-state index in [1.807, 2.05) is 13.8 Å². The highest BCUT2D eigenvalue weighted by atomic mass is 16.5. The van der Waals surface area contributed by atoms with Gasteiger partial charge < -0.3 is 14.6 Å². The third-order valence-electron chi connectivity index (χ3n) is 4.40. The number of hydrogen-bond acceptors (Lipinski definition) is 4. The standard InChI is InChI=1S/C19H28N2O4/c1-6-25-19(24)18-12(4)17(13(5)20-18)15(22)10-21(14-7-8-14)16(23)9-11(2)3/h11,14,20H,6-10H2,1-5H3. The van der Waals surface area contributed by atoms with Gasteiger partial charge in [-0.05, 0) is 45.1 Å². The van der Waals surface area contributed by atoms with Crippen LogP contribution in [-0.2, 0) is 9.53 Å². The predicted octanol–water partition coefficient (Wildman–Crippen LogP) is 3.03. The van der Waals surface area contributed by atoms with E-state index in [1.54, 1.807) is 25.7 Å². The lowest BCUT2D eigenvalue weighted by Crippen LogP contribution is -2.38. The molecule has 1 aromatic heterocycles. The molecule has 1 aromatic rings. The lowest BCUT2D eigenvalue weighted by molar-refractivity contribution is -0.132. The molecule has 1 fully saturated rings. The van der Waals surface area contributed by atoms with Crippen LogP contribution in [0.4, 0.5) is 0 Å². The number of nitrogens with zero attached hydrogens (tertiary/aromatic N) is 1. The first-order chi connectivity index (χ1) is 11.8. The summed E-state index contributed by atoms with van der Waals surface area (Å²) < 4.78 is 5.02. The van der Waals surface area contributed by atoms with Crippen LogP contribution in [0.3, 0.4) is 0 Å². The molecule has 1 N–H and O–H groups in total. The number of ketones is 1. The molecule has 0 atom stereocenters. The molecule has 138 valence electrons. The van der Waals surface area contributed by atoms with Crippen molar-refractivity contribution >= 4 is 17.7 Å². The van der Waals surface area contributed by atoms with Gasteiger partial charge in [0.25, 0.3) is 0 Å². The van der Waals surface area contributed by atoms with Crippen LogP contribution in [0, 0.1) is 19.8 Å². The molecule has 0 aliphatic heterocycles. The Morgan fingerprint density at radius 1 is 1.24 bits per heavy atom. The van der Waals surface area contributed by atoms with E-state index in [4.69, 9.17) is 4.74 Å². The minimum Gasteiger partial charge on any atom is -0.461 e. The van der Waals surface area contributed by atoms with Crippen molar-refractivity contribution in [2.24, 2.45) is 5.92 Å². The smallest absolute Gasteiger partial charge is 0.355 e. The molecule has 1 amide bonds.